The molecule has 5 nitrogen and oxygen atoms in total. The van der Waals surface area contributed by atoms with Crippen molar-refractivity contribution >= 4 is 15.9 Å². The van der Waals surface area contributed by atoms with Crippen molar-refractivity contribution in [2.45, 2.75) is 26.2 Å². The summed E-state index contributed by atoms with van der Waals surface area (Å²) in [5.41, 5.74) is 3.03. The summed E-state index contributed by atoms with van der Waals surface area (Å²) in [6, 6.07) is 5.90. The van der Waals surface area contributed by atoms with E-state index in [-0.39, 0.29) is 6.61 Å². The Morgan fingerprint density at radius 3 is 2.85 bits per heavy atom. The van der Waals surface area contributed by atoms with Crippen molar-refractivity contribution in [1.29, 1.82) is 0 Å². The molecule has 1 heterocycles. The second kappa shape index (κ2) is 6.11. The van der Waals surface area contributed by atoms with E-state index in [2.05, 4.69) is 6.07 Å². The summed E-state index contributed by atoms with van der Waals surface area (Å²) in [5.74, 6) is 0. The summed E-state index contributed by atoms with van der Waals surface area (Å²) in [6.07, 6.45) is 2.21. The Bertz CT molecular complexity index is 572. The van der Waals surface area contributed by atoms with E-state index in [0.29, 0.717) is 19.5 Å². The quantitative estimate of drug-likeness (QED) is 0.891. The standard InChI is InChI=1S/C14H22N2O3S/c1-12-6-7-14-13(11-12)5-3-9-16(14)20(18,19)15(2)8-4-10-17/h6-7,11,17H,3-5,8-10H2,1-2H3. The van der Waals surface area contributed by atoms with Crippen molar-refractivity contribution in [3.8, 4) is 0 Å². The molecule has 6 heteroatoms. The topological polar surface area (TPSA) is 60.9 Å². The number of benzene rings is 1. The number of nitrogens with zero attached hydrogens (tertiary/aromatic N) is 2. The number of fused-ring (bicyclic) bond motifs is 1. The van der Waals surface area contributed by atoms with Gasteiger partial charge in [-0.3, -0.25) is 4.31 Å². The van der Waals surface area contributed by atoms with E-state index < -0.39 is 10.2 Å². The third-order valence-corrected chi connectivity index (χ3v) is 5.52. The minimum atomic E-state index is -3.50. The number of anilines is 1. The lowest BCUT2D eigenvalue weighted by Crippen LogP contribution is -2.44. The highest BCUT2D eigenvalue weighted by molar-refractivity contribution is 7.90. The first-order valence-corrected chi connectivity index (χ1v) is 8.31. The van der Waals surface area contributed by atoms with E-state index in [1.54, 1.807) is 7.05 Å². The van der Waals surface area contributed by atoms with E-state index in [1.807, 2.05) is 19.1 Å². The summed E-state index contributed by atoms with van der Waals surface area (Å²) < 4.78 is 28.0. The number of aryl methyl sites for hydroxylation is 2. The lowest BCUT2D eigenvalue weighted by Gasteiger charge is -2.33. The van der Waals surface area contributed by atoms with Crippen molar-refractivity contribution in [1.82, 2.24) is 4.31 Å². The van der Waals surface area contributed by atoms with Gasteiger partial charge in [0, 0.05) is 26.7 Å². The summed E-state index contributed by atoms with van der Waals surface area (Å²) in [5, 5.41) is 8.84. The van der Waals surface area contributed by atoms with E-state index >= 15 is 0 Å². The molecule has 112 valence electrons. The van der Waals surface area contributed by atoms with Crippen LogP contribution in [0.3, 0.4) is 0 Å². The first kappa shape index (κ1) is 15.3. The fourth-order valence-corrected chi connectivity index (χ4v) is 3.99. The molecule has 2 rings (SSSR count). The summed E-state index contributed by atoms with van der Waals surface area (Å²) in [4.78, 5) is 0. The fourth-order valence-electron chi connectivity index (χ4n) is 2.51. The second-order valence-corrected chi connectivity index (χ2v) is 7.17. The smallest absolute Gasteiger partial charge is 0.303 e. The van der Waals surface area contributed by atoms with Gasteiger partial charge in [0.1, 0.15) is 0 Å². The minimum Gasteiger partial charge on any atom is -0.396 e. The van der Waals surface area contributed by atoms with Crippen LogP contribution in [-0.4, -0.2) is 44.6 Å². The van der Waals surface area contributed by atoms with E-state index in [9.17, 15) is 8.42 Å². The number of rotatable bonds is 5. The van der Waals surface area contributed by atoms with Crippen LogP contribution in [0, 0.1) is 6.92 Å². The van der Waals surface area contributed by atoms with Gasteiger partial charge in [0.2, 0.25) is 0 Å². The van der Waals surface area contributed by atoms with E-state index in [4.69, 9.17) is 5.11 Å². The van der Waals surface area contributed by atoms with Crippen LogP contribution in [0.2, 0.25) is 0 Å². The molecule has 0 atom stereocenters. The Kier molecular flexibility index (Phi) is 4.67. The molecular formula is C14H22N2O3S. The Morgan fingerprint density at radius 2 is 2.15 bits per heavy atom. The largest absolute Gasteiger partial charge is 0.396 e. The SMILES string of the molecule is Cc1ccc2c(c1)CCCN2S(=O)(=O)N(C)CCCO. The Hall–Kier alpha value is -1.11. The van der Waals surface area contributed by atoms with Crippen LogP contribution in [0.5, 0.6) is 0 Å². The van der Waals surface area contributed by atoms with Crippen molar-refractivity contribution in [3.05, 3.63) is 29.3 Å². The van der Waals surface area contributed by atoms with Crippen LogP contribution in [0.4, 0.5) is 5.69 Å². The van der Waals surface area contributed by atoms with Gasteiger partial charge < -0.3 is 5.11 Å². The molecule has 0 radical (unpaired) electrons. The average molecular weight is 298 g/mol. The molecular weight excluding hydrogens is 276 g/mol. The highest BCUT2D eigenvalue weighted by atomic mass is 32.2. The maximum atomic E-state index is 12.6. The molecule has 1 aliphatic heterocycles. The zero-order valence-electron chi connectivity index (χ0n) is 12.0. The number of aliphatic hydroxyl groups excluding tert-OH is 1. The normalized spacial score (nSPS) is 15.5. The molecule has 0 saturated heterocycles. The molecule has 1 aromatic rings. The lowest BCUT2D eigenvalue weighted by molar-refractivity contribution is 0.275. The Labute approximate surface area is 121 Å². The van der Waals surface area contributed by atoms with Gasteiger partial charge in [-0.15, -0.1) is 0 Å². The molecule has 0 unspecified atom stereocenters. The van der Waals surface area contributed by atoms with E-state index in [1.165, 1.54) is 8.61 Å². The van der Waals surface area contributed by atoms with Crippen LogP contribution >= 0.6 is 0 Å². The molecule has 1 aromatic carbocycles. The van der Waals surface area contributed by atoms with Crippen LogP contribution in [-0.2, 0) is 16.6 Å². The maximum Gasteiger partial charge on any atom is 0.303 e. The average Bonchev–Trinajstić information content (AvgIpc) is 2.43. The highest BCUT2D eigenvalue weighted by Gasteiger charge is 2.30. The van der Waals surface area contributed by atoms with Crippen molar-refractivity contribution in [2.24, 2.45) is 0 Å². The van der Waals surface area contributed by atoms with Gasteiger partial charge in [-0.05, 0) is 37.8 Å². The molecule has 1 N–H and O–H groups in total. The molecule has 0 aromatic heterocycles. The van der Waals surface area contributed by atoms with Gasteiger partial charge in [0.25, 0.3) is 0 Å². The minimum absolute atomic E-state index is 0.00432. The molecule has 0 aliphatic carbocycles. The van der Waals surface area contributed by atoms with Gasteiger partial charge >= 0.3 is 10.2 Å². The number of hydrogen-bond acceptors (Lipinski definition) is 3. The zero-order valence-corrected chi connectivity index (χ0v) is 12.9. The highest BCUT2D eigenvalue weighted by Crippen LogP contribution is 2.30. The van der Waals surface area contributed by atoms with Gasteiger partial charge in [-0.1, -0.05) is 17.7 Å². The maximum absolute atomic E-state index is 12.6. The third-order valence-electron chi connectivity index (χ3n) is 3.61. The number of hydrogen-bond donors (Lipinski definition) is 1. The van der Waals surface area contributed by atoms with Crippen LogP contribution in [0.25, 0.3) is 0 Å². The summed E-state index contributed by atoms with van der Waals surface area (Å²) in [6.45, 7) is 2.86. The molecule has 0 amide bonds. The molecule has 0 spiro atoms. The van der Waals surface area contributed by atoms with Crippen molar-refractivity contribution < 1.29 is 13.5 Å². The molecule has 0 saturated carbocycles. The summed E-state index contributed by atoms with van der Waals surface area (Å²) in [7, 11) is -1.94. The first-order chi connectivity index (χ1) is 9.46. The van der Waals surface area contributed by atoms with Crippen LogP contribution < -0.4 is 4.31 Å². The number of aliphatic hydroxyl groups is 1. The first-order valence-electron chi connectivity index (χ1n) is 6.91. The zero-order chi connectivity index (χ0) is 14.8. The van der Waals surface area contributed by atoms with Crippen LogP contribution in [0.1, 0.15) is 24.0 Å². The van der Waals surface area contributed by atoms with Crippen molar-refractivity contribution in [3.63, 3.8) is 0 Å². The predicted octanol–water partition coefficient (Wildman–Crippen LogP) is 1.31. The van der Waals surface area contributed by atoms with Crippen molar-refractivity contribution in [2.75, 3.05) is 31.0 Å². The summed E-state index contributed by atoms with van der Waals surface area (Å²) >= 11 is 0. The molecule has 0 bridgehead atoms. The van der Waals surface area contributed by atoms with Gasteiger partial charge in [0.15, 0.2) is 0 Å². The van der Waals surface area contributed by atoms with E-state index in [0.717, 1.165) is 29.7 Å². The van der Waals surface area contributed by atoms with Gasteiger partial charge in [-0.25, -0.2) is 0 Å². The lowest BCUT2D eigenvalue weighted by atomic mass is 10.0. The predicted molar refractivity (Wildman–Crippen MR) is 80.1 cm³/mol. The third kappa shape index (κ3) is 2.97. The van der Waals surface area contributed by atoms with Gasteiger partial charge in [-0.2, -0.15) is 12.7 Å². The fraction of sp³-hybridized carbons (Fsp3) is 0.571. The molecule has 20 heavy (non-hydrogen) atoms. The Morgan fingerprint density at radius 1 is 1.40 bits per heavy atom. The monoisotopic (exact) mass is 298 g/mol. The second-order valence-electron chi connectivity index (χ2n) is 5.21. The van der Waals surface area contributed by atoms with Crippen LogP contribution in [0.15, 0.2) is 18.2 Å². The Balaban J connectivity index is 2.30. The van der Waals surface area contributed by atoms with Gasteiger partial charge in [0.05, 0.1) is 5.69 Å². The molecule has 0 fully saturated rings. The molecule has 1 aliphatic rings.